The van der Waals surface area contributed by atoms with Crippen LogP contribution in [0.4, 0.5) is 4.79 Å². The minimum absolute atomic E-state index is 0.150. The van der Waals surface area contributed by atoms with Gasteiger partial charge in [0.15, 0.2) is 0 Å². The predicted octanol–water partition coefficient (Wildman–Crippen LogP) is 1.87. The first-order valence-corrected chi connectivity index (χ1v) is 7.18. The molecule has 5 nitrogen and oxygen atoms in total. The Hall–Kier alpha value is -2.01. The van der Waals surface area contributed by atoms with Crippen LogP contribution in [0, 0.1) is 5.92 Å². The Morgan fingerprint density at radius 1 is 1.38 bits per heavy atom. The molecule has 0 saturated carbocycles. The maximum atomic E-state index is 11.7. The maximum absolute atomic E-state index is 11.7. The van der Waals surface area contributed by atoms with Crippen molar-refractivity contribution >= 4 is 29.6 Å². The Morgan fingerprint density at radius 2 is 2.10 bits per heavy atom. The van der Waals surface area contributed by atoms with Crippen LogP contribution in [0.1, 0.15) is 12.0 Å². The van der Waals surface area contributed by atoms with Gasteiger partial charge in [-0.1, -0.05) is 23.7 Å². The molecule has 1 aliphatic heterocycles. The first kappa shape index (κ1) is 15.4. The maximum Gasteiger partial charge on any atom is 0.314 e. The van der Waals surface area contributed by atoms with Gasteiger partial charge in [-0.3, -0.25) is 4.79 Å². The lowest BCUT2D eigenvalue weighted by Gasteiger charge is -2.13. The van der Waals surface area contributed by atoms with Crippen LogP contribution in [-0.4, -0.2) is 36.5 Å². The summed E-state index contributed by atoms with van der Waals surface area (Å²) in [5, 5.41) is 3.50. The normalized spacial score (nSPS) is 18.1. The molecule has 112 valence electrons. The van der Waals surface area contributed by atoms with Crippen molar-refractivity contribution < 1.29 is 9.59 Å². The molecule has 0 bridgehead atoms. The van der Waals surface area contributed by atoms with Crippen LogP contribution in [0.5, 0.6) is 0 Å². The third-order valence-corrected chi connectivity index (χ3v) is 3.71. The lowest BCUT2D eigenvalue weighted by molar-refractivity contribution is -0.116. The summed E-state index contributed by atoms with van der Waals surface area (Å²) in [4.78, 5) is 24.3. The zero-order valence-electron chi connectivity index (χ0n) is 11.6. The number of likely N-dealkylation sites (tertiary alicyclic amines) is 1. The van der Waals surface area contributed by atoms with Crippen LogP contribution in [0.3, 0.4) is 0 Å². The second-order valence-corrected chi connectivity index (χ2v) is 5.51. The number of rotatable bonds is 4. The summed E-state index contributed by atoms with van der Waals surface area (Å²) in [6.07, 6.45) is 4.09. The lowest BCUT2D eigenvalue weighted by atomic mass is 10.1. The minimum atomic E-state index is -0.397. The molecule has 1 fully saturated rings. The van der Waals surface area contributed by atoms with Crippen molar-refractivity contribution in [1.29, 1.82) is 0 Å². The van der Waals surface area contributed by atoms with Crippen LogP contribution in [-0.2, 0) is 4.79 Å². The summed E-state index contributed by atoms with van der Waals surface area (Å²) in [5.74, 6) is 0.118. The van der Waals surface area contributed by atoms with Gasteiger partial charge in [-0.2, -0.15) is 0 Å². The molecule has 0 aromatic heterocycles. The number of carbonyl (C=O) groups excluding carboxylic acids is 2. The molecule has 1 aromatic rings. The van der Waals surface area contributed by atoms with E-state index in [0.717, 1.165) is 12.0 Å². The number of urea groups is 1. The average molecular weight is 308 g/mol. The monoisotopic (exact) mass is 307 g/mol. The molecule has 21 heavy (non-hydrogen) atoms. The van der Waals surface area contributed by atoms with E-state index in [0.29, 0.717) is 24.7 Å². The molecule has 0 spiro atoms. The summed E-state index contributed by atoms with van der Waals surface area (Å²) < 4.78 is 0. The van der Waals surface area contributed by atoms with Crippen molar-refractivity contribution in [2.45, 2.75) is 6.42 Å². The number of benzene rings is 1. The Bertz CT molecular complexity index is 542. The van der Waals surface area contributed by atoms with Crippen LogP contribution in [0.2, 0.25) is 5.02 Å². The molecular formula is C15H18ClN3O2. The third-order valence-electron chi connectivity index (χ3n) is 3.46. The molecule has 0 aliphatic carbocycles. The zero-order chi connectivity index (χ0) is 15.2. The molecule has 1 heterocycles. The molecule has 3 N–H and O–H groups in total. The predicted molar refractivity (Wildman–Crippen MR) is 82.8 cm³/mol. The van der Waals surface area contributed by atoms with E-state index in [4.69, 9.17) is 17.3 Å². The van der Waals surface area contributed by atoms with E-state index >= 15 is 0 Å². The Kier molecular flexibility index (Phi) is 5.22. The van der Waals surface area contributed by atoms with Crippen LogP contribution >= 0.6 is 11.6 Å². The van der Waals surface area contributed by atoms with Crippen molar-refractivity contribution in [3.05, 3.63) is 40.9 Å². The third kappa shape index (κ3) is 4.79. The van der Waals surface area contributed by atoms with Crippen molar-refractivity contribution in [3.63, 3.8) is 0 Å². The Morgan fingerprint density at radius 3 is 2.71 bits per heavy atom. The SMILES string of the molecule is NC(=O)N1CCC(CNC(=O)C=Cc2ccc(Cl)cc2)C1. The van der Waals surface area contributed by atoms with Crippen molar-refractivity contribution in [1.82, 2.24) is 10.2 Å². The summed E-state index contributed by atoms with van der Waals surface area (Å²) in [7, 11) is 0. The van der Waals surface area contributed by atoms with Gasteiger partial charge in [0.25, 0.3) is 0 Å². The lowest BCUT2D eigenvalue weighted by Crippen LogP contribution is -2.35. The molecule has 2 rings (SSSR count). The second-order valence-electron chi connectivity index (χ2n) is 5.07. The highest BCUT2D eigenvalue weighted by Crippen LogP contribution is 2.14. The van der Waals surface area contributed by atoms with Crippen LogP contribution in [0.15, 0.2) is 30.3 Å². The van der Waals surface area contributed by atoms with Gasteiger partial charge in [-0.15, -0.1) is 0 Å². The van der Waals surface area contributed by atoms with Gasteiger partial charge in [0.1, 0.15) is 0 Å². The molecule has 6 heteroatoms. The topological polar surface area (TPSA) is 75.4 Å². The molecule has 1 aromatic carbocycles. The number of carbonyl (C=O) groups is 2. The summed E-state index contributed by atoms with van der Waals surface area (Å²) in [6.45, 7) is 1.82. The van der Waals surface area contributed by atoms with Gasteiger partial charge in [0.2, 0.25) is 5.91 Å². The van der Waals surface area contributed by atoms with E-state index in [9.17, 15) is 9.59 Å². The zero-order valence-corrected chi connectivity index (χ0v) is 12.3. The fourth-order valence-corrected chi connectivity index (χ4v) is 2.38. The molecule has 3 amide bonds. The van der Waals surface area contributed by atoms with Crippen LogP contribution in [0.25, 0.3) is 6.08 Å². The van der Waals surface area contributed by atoms with Crippen molar-refractivity contribution in [2.75, 3.05) is 19.6 Å². The van der Waals surface area contributed by atoms with E-state index < -0.39 is 6.03 Å². The number of nitrogens with one attached hydrogen (secondary N) is 1. The fraction of sp³-hybridized carbons (Fsp3) is 0.333. The molecule has 1 unspecified atom stereocenters. The number of amides is 3. The summed E-state index contributed by atoms with van der Waals surface area (Å²) in [6, 6.07) is 6.83. The highest BCUT2D eigenvalue weighted by molar-refractivity contribution is 6.30. The first-order valence-electron chi connectivity index (χ1n) is 6.80. The number of hydrogen-bond donors (Lipinski definition) is 2. The highest BCUT2D eigenvalue weighted by atomic mass is 35.5. The Balaban J connectivity index is 1.75. The Labute approximate surface area is 128 Å². The van der Waals surface area contributed by atoms with E-state index in [1.807, 2.05) is 12.1 Å². The standard InChI is InChI=1S/C15H18ClN3O2/c16-13-4-1-11(2-5-13)3-6-14(20)18-9-12-7-8-19(10-12)15(17)21/h1-6,12H,7-10H2,(H2,17,21)(H,18,20). The van der Waals surface area contributed by atoms with Crippen molar-refractivity contribution in [3.8, 4) is 0 Å². The quantitative estimate of drug-likeness (QED) is 0.833. The smallest absolute Gasteiger partial charge is 0.314 e. The summed E-state index contributed by atoms with van der Waals surface area (Å²) >= 11 is 5.79. The second kappa shape index (κ2) is 7.13. The van der Waals surface area contributed by atoms with Crippen LogP contribution < -0.4 is 11.1 Å². The van der Waals surface area contributed by atoms with Gasteiger partial charge in [-0.25, -0.2) is 4.79 Å². The average Bonchev–Trinajstić information content (AvgIpc) is 2.93. The van der Waals surface area contributed by atoms with E-state index in [1.54, 1.807) is 23.1 Å². The molecule has 1 atom stereocenters. The van der Waals surface area contributed by atoms with Gasteiger partial charge < -0.3 is 16.0 Å². The molecule has 1 saturated heterocycles. The van der Waals surface area contributed by atoms with E-state index in [-0.39, 0.29) is 11.8 Å². The fourth-order valence-electron chi connectivity index (χ4n) is 2.25. The van der Waals surface area contributed by atoms with Gasteiger partial charge in [0, 0.05) is 30.7 Å². The molecule has 0 radical (unpaired) electrons. The number of nitrogens with two attached hydrogens (primary N) is 1. The van der Waals surface area contributed by atoms with Gasteiger partial charge in [-0.05, 0) is 36.1 Å². The number of hydrogen-bond acceptors (Lipinski definition) is 2. The highest BCUT2D eigenvalue weighted by Gasteiger charge is 2.24. The number of halogens is 1. The molecular weight excluding hydrogens is 290 g/mol. The van der Waals surface area contributed by atoms with E-state index in [1.165, 1.54) is 6.08 Å². The summed E-state index contributed by atoms with van der Waals surface area (Å²) in [5.41, 5.74) is 6.13. The van der Waals surface area contributed by atoms with Crippen molar-refractivity contribution in [2.24, 2.45) is 11.7 Å². The largest absolute Gasteiger partial charge is 0.352 e. The van der Waals surface area contributed by atoms with Gasteiger partial charge >= 0.3 is 6.03 Å². The minimum Gasteiger partial charge on any atom is -0.352 e. The van der Waals surface area contributed by atoms with Gasteiger partial charge in [0.05, 0.1) is 0 Å². The van der Waals surface area contributed by atoms with E-state index in [2.05, 4.69) is 5.32 Å². The molecule has 1 aliphatic rings. The number of nitrogens with zero attached hydrogens (tertiary/aromatic N) is 1. The number of primary amides is 1. The first-order chi connectivity index (χ1) is 10.0.